The number of anilines is 1. The third-order valence-electron chi connectivity index (χ3n) is 7.81. The number of aliphatic hydroxyl groups is 3. The van der Waals surface area contributed by atoms with Gasteiger partial charge in [0, 0.05) is 37.1 Å². The standard InChI is InChI=1S/C27H44N7O20P3S/c1-26(2,21(40)24(41)30-5-4-15(35)29-6-7-58-17(38)9-27(3,42)8-16(36)37)11-51-57(48,49)54-56(46,47)50-10-14-20(53-55(43,44)45)19(39)25(52-14)34-13-33-18-22(28)31-12-32-23(18)34/h12-14,19-21,25,39-40,42H,4-11H2,1-3H3,(H,29,35)(H,30,41)(H,36,37)(H,46,47)(H,48,49)(H2,28,31,32)(H2,43,44,45)/p-3/t14-,19-,20-,21+,25-,27?/m1/s1. The zero-order valence-electron chi connectivity index (χ0n) is 30.7. The van der Waals surface area contributed by atoms with Crippen LogP contribution in [0.2, 0.25) is 0 Å². The van der Waals surface area contributed by atoms with Gasteiger partial charge in [0.1, 0.15) is 36.3 Å². The molecule has 0 spiro atoms. The highest BCUT2D eigenvalue weighted by atomic mass is 32.2. The second-order valence-corrected chi connectivity index (χ2v) is 18.7. The Bertz CT molecular complexity index is 1950. The third kappa shape index (κ3) is 15.2. The van der Waals surface area contributed by atoms with E-state index in [1.54, 1.807) is 0 Å². The molecule has 0 saturated carbocycles. The second-order valence-electron chi connectivity index (χ2n) is 13.5. The SMILES string of the molecule is CC(O)(CC(=O)O)CC(=O)SCCNC(=O)CCNC(=O)[C@H](O)C(C)(C)COP(=O)([O-])OP(=O)(O)OC[C@H]1O[C@@H](n2cnc3c(N)ncnc32)[C@H](O)[C@@H]1OP(=O)([O-])[O-]. The zero-order valence-corrected chi connectivity index (χ0v) is 34.2. The van der Waals surface area contributed by atoms with Gasteiger partial charge in [0.25, 0.3) is 7.82 Å². The summed E-state index contributed by atoms with van der Waals surface area (Å²) in [5, 5.41) is 44.3. The van der Waals surface area contributed by atoms with E-state index in [0.717, 1.165) is 29.0 Å². The molecule has 0 aromatic carbocycles. The Balaban J connectivity index is 1.47. The Morgan fingerprint density at radius 3 is 2.38 bits per heavy atom. The molecule has 58 heavy (non-hydrogen) atoms. The molecule has 328 valence electrons. The first-order valence-corrected chi connectivity index (χ1v) is 22.0. The molecule has 1 saturated heterocycles. The van der Waals surface area contributed by atoms with E-state index in [-0.39, 0.29) is 42.2 Å². The van der Waals surface area contributed by atoms with Gasteiger partial charge in [0.2, 0.25) is 11.8 Å². The van der Waals surface area contributed by atoms with E-state index in [1.165, 1.54) is 20.8 Å². The maximum absolute atomic E-state index is 12.6. The number of aliphatic carboxylic acids is 1. The number of nitrogen functional groups attached to an aromatic ring is 1. The predicted octanol–water partition coefficient (Wildman–Crippen LogP) is -3.62. The molecule has 0 radical (unpaired) electrons. The zero-order chi connectivity index (χ0) is 43.9. The van der Waals surface area contributed by atoms with Crippen LogP contribution >= 0.6 is 35.2 Å². The van der Waals surface area contributed by atoms with Gasteiger partial charge in [0.05, 0.1) is 39.4 Å². The number of aromatic nitrogens is 4. The summed E-state index contributed by atoms with van der Waals surface area (Å²) in [6.07, 6.45) is -8.75. The summed E-state index contributed by atoms with van der Waals surface area (Å²) < 4.78 is 60.8. The maximum atomic E-state index is 12.6. The van der Waals surface area contributed by atoms with Gasteiger partial charge >= 0.3 is 13.8 Å². The summed E-state index contributed by atoms with van der Waals surface area (Å²) >= 11 is 0.763. The van der Waals surface area contributed by atoms with Crippen molar-refractivity contribution in [3.05, 3.63) is 12.7 Å². The summed E-state index contributed by atoms with van der Waals surface area (Å²) in [5.74, 6) is -2.89. The molecule has 2 aromatic heterocycles. The van der Waals surface area contributed by atoms with Crippen molar-refractivity contribution in [1.29, 1.82) is 0 Å². The molecule has 3 unspecified atom stereocenters. The highest BCUT2D eigenvalue weighted by molar-refractivity contribution is 8.13. The van der Waals surface area contributed by atoms with E-state index in [1.807, 2.05) is 0 Å². The fraction of sp³-hybridized carbons (Fsp3) is 0.667. The molecule has 1 fully saturated rings. The number of rotatable bonds is 23. The average molecular weight is 909 g/mol. The number of carbonyl (C=O) groups is 4. The normalized spacial score (nSPS) is 22.4. The number of phosphoric acid groups is 3. The Morgan fingerprint density at radius 2 is 1.74 bits per heavy atom. The summed E-state index contributed by atoms with van der Waals surface area (Å²) in [6, 6.07) is 0. The number of hydrogen-bond acceptors (Lipinski definition) is 23. The van der Waals surface area contributed by atoms with Crippen LogP contribution in [0.5, 0.6) is 0 Å². The molecular weight excluding hydrogens is 867 g/mol. The number of aliphatic hydroxyl groups excluding tert-OH is 2. The Kier molecular flexibility index (Phi) is 17.0. The number of ether oxygens (including phenoxy) is 1. The van der Waals surface area contributed by atoms with Crippen LogP contribution in [0.3, 0.4) is 0 Å². The van der Waals surface area contributed by atoms with Gasteiger partial charge in [-0.05, 0) is 6.92 Å². The lowest BCUT2D eigenvalue weighted by atomic mass is 9.87. The van der Waals surface area contributed by atoms with Crippen molar-refractivity contribution < 1.29 is 95.5 Å². The average Bonchev–Trinajstić information content (AvgIpc) is 3.63. The van der Waals surface area contributed by atoms with Crippen LogP contribution in [0.25, 0.3) is 11.2 Å². The van der Waals surface area contributed by atoms with E-state index >= 15 is 0 Å². The Hall–Kier alpha value is -3.01. The van der Waals surface area contributed by atoms with Crippen molar-refractivity contribution in [2.24, 2.45) is 5.41 Å². The number of nitrogens with one attached hydrogen (secondary N) is 2. The molecule has 2 aromatic rings. The van der Waals surface area contributed by atoms with Gasteiger partial charge in [-0.25, -0.2) is 23.8 Å². The molecule has 3 heterocycles. The molecule has 3 rings (SSSR count). The topological polar surface area (TPSA) is 430 Å². The Morgan fingerprint density at radius 1 is 1.07 bits per heavy atom. The van der Waals surface area contributed by atoms with Crippen molar-refractivity contribution in [1.82, 2.24) is 30.2 Å². The van der Waals surface area contributed by atoms with Crippen LogP contribution in [0, 0.1) is 5.41 Å². The molecule has 27 nitrogen and oxygen atoms in total. The van der Waals surface area contributed by atoms with Gasteiger partial charge in [-0.2, -0.15) is 0 Å². The molecular formula is C27H41N7O20P3S-3. The second kappa shape index (κ2) is 20.0. The minimum atomic E-state index is -5.85. The lowest BCUT2D eigenvalue weighted by molar-refractivity contribution is -0.347. The lowest BCUT2D eigenvalue weighted by Gasteiger charge is -2.34. The molecule has 2 amide bonds. The number of amides is 2. The van der Waals surface area contributed by atoms with Crippen molar-refractivity contribution in [3.8, 4) is 0 Å². The van der Waals surface area contributed by atoms with Gasteiger partial charge in [-0.1, -0.05) is 25.6 Å². The number of nitrogens with two attached hydrogens (primary N) is 1. The predicted molar refractivity (Wildman–Crippen MR) is 188 cm³/mol. The minimum absolute atomic E-state index is 0.00958. The van der Waals surface area contributed by atoms with Crippen molar-refractivity contribution >= 4 is 75.1 Å². The van der Waals surface area contributed by atoms with E-state index < -0.39 is 114 Å². The summed E-state index contributed by atoms with van der Waals surface area (Å²) in [4.78, 5) is 104. The van der Waals surface area contributed by atoms with E-state index in [2.05, 4.69) is 43.5 Å². The molecule has 0 aliphatic carbocycles. The Labute approximate surface area is 332 Å². The van der Waals surface area contributed by atoms with Crippen LogP contribution in [0.4, 0.5) is 5.82 Å². The molecule has 8 atom stereocenters. The number of hydrogen-bond donors (Lipinski definition) is 8. The van der Waals surface area contributed by atoms with Gasteiger partial charge < -0.3 is 74.7 Å². The number of imidazole rings is 1. The van der Waals surface area contributed by atoms with Gasteiger partial charge in [-0.15, -0.1) is 0 Å². The maximum Gasteiger partial charge on any atom is 0.478 e. The van der Waals surface area contributed by atoms with Crippen LogP contribution in [0.1, 0.15) is 46.3 Å². The minimum Gasteiger partial charge on any atom is -0.790 e. The molecule has 31 heteroatoms. The van der Waals surface area contributed by atoms with Crippen LogP contribution in [-0.2, 0) is 55.5 Å². The number of carboxylic acids is 1. The highest BCUT2D eigenvalue weighted by Crippen LogP contribution is 2.59. The summed E-state index contributed by atoms with van der Waals surface area (Å²) in [6.45, 7) is 1.02. The fourth-order valence-electron chi connectivity index (χ4n) is 5.03. The van der Waals surface area contributed by atoms with E-state index in [0.29, 0.717) is 0 Å². The molecule has 1 aliphatic heterocycles. The number of nitrogens with zero attached hydrogens (tertiary/aromatic N) is 4. The van der Waals surface area contributed by atoms with Crippen molar-refractivity contribution in [3.63, 3.8) is 0 Å². The lowest BCUT2D eigenvalue weighted by Crippen LogP contribution is -2.46. The van der Waals surface area contributed by atoms with E-state index in [9.17, 15) is 67.8 Å². The monoisotopic (exact) mass is 908 g/mol. The van der Waals surface area contributed by atoms with Crippen molar-refractivity contribution in [2.75, 3.05) is 37.8 Å². The largest absolute Gasteiger partial charge is 0.790 e. The summed E-state index contributed by atoms with van der Waals surface area (Å²) in [7, 11) is -17.4. The summed E-state index contributed by atoms with van der Waals surface area (Å²) in [5.41, 5.74) is 2.29. The number of fused-ring (bicyclic) bond motifs is 1. The molecule has 1 aliphatic rings. The number of carboxylic acid groups (broad SMARTS) is 1. The molecule has 0 bridgehead atoms. The fourth-order valence-corrected chi connectivity index (χ4v) is 8.65. The van der Waals surface area contributed by atoms with E-state index in [4.69, 9.17) is 15.6 Å². The van der Waals surface area contributed by atoms with Crippen molar-refractivity contribution in [2.45, 2.75) is 76.3 Å². The highest BCUT2D eigenvalue weighted by Gasteiger charge is 2.48. The van der Waals surface area contributed by atoms with Crippen LogP contribution in [-0.4, -0.2) is 130 Å². The number of carbonyl (C=O) groups excluding carboxylic acids is 3. The number of phosphoric ester groups is 3. The first kappa shape index (κ1) is 49.4. The van der Waals surface area contributed by atoms with Gasteiger partial charge in [0.15, 0.2) is 22.8 Å². The van der Waals surface area contributed by atoms with Gasteiger partial charge in [-0.3, -0.25) is 32.8 Å². The van der Waals surface area contributed by atoms with Crippen LogP contribution in [0.15, 0.2) is 12.7 Å². The number of thioether (sulfide) groups is 1. The first-order chi connectivity index (χ1) is 26.6. The third-order valence-corrected chi connectivity index (χ3v) is 11.7. The van der Waals surface area contributed by atoms with Crippen LogP contribution < -0.4 is 31.0 Å². The molecule has 9 N–H and O–H groups in total. The smallest absolute Gasteiger partial charge is 0.478 e. The first-order valence-electron chi connectivity index (χ1n) is 16.6. The quantitative estimate of drug-likeness (QED) is 0.0394.